The highest BCUT2D eigenvalue weighted by atomic mass is 32.1. The first kappa shape index (κ1) is 14.3. The summed E-state index contributed by atoms with van der Waals surface area (Å²) in [4.78, 5) is 25.6. The Labute approximate surface area is 121 Å². The van der Waals surface area contributed by atoms with Gasteiger partial charge in [0.1, 0.15) is 6.26 Å². The van der Waals surface area contributed by atoms with Crippen LogP contribution in [0.5, 0.6) is 0 Å². The van der Waals surface area contributed by atoms with Gasteiger partial charge in [0.2, 0.25) is 5.91 Å². The highest BCUT2D eigenvalue weighted by Crippen LogP contribution is 2.16. The van der Waals surface area contributed by atoms with Crippen molar-refractivity contribution in [3.63, 3.8) is 0 Å². The summed E-state index contributed by atoms with van der Waals surface area (Å²) >= 11 is 1.68. The Morgan fingerprint density at radius 3 is 2.65 bits per heavy atom. The molecular formula is C14H16N2O3S. The van der Waals surface area contributed by atoms with Crippen LogP contribution >= 0.6 is 11.3 Å². The van der Waals surface area contributed by atoms with E-state index in [2.05, 4.69) is 23.6 Å². The van der Waals surface area contributed by atoms with Gasteiger partial charge in [-0.25, -0.2) is 0 Å². The molecule has 0 spiro atoms. The van der Waals surface area contributed by atoms with Gasteiger partial charge in [-0.15, -0.1) is 11.3 Å². The van der Waals surface area contributed by atoms with Crippen LogP contribution in [0.1, 0.15) is 27.0 Å². The molecule has 2 aromatic rings. The molecule has 2 N–H and O–H groups in total. The molecule has 0 saturated heterocycles. The molecule has 6 heteroatoms. The smallest absolute Gasteiger partial charge is 0.254 e. The summed E-state index contributed by atoms with van der Waals surface area (Å²) in [5, 5.41) is 5.30. The standard InChI is InChI=1S/C14H16N2O3S/c1-2-11-3-4-12(20-11)7-15-13(17)8-16-14(18)10-5-6-19-9-10/h3-6,9H,2,7-8H2,1H3,(H,15,17)(H,16,18). The minimum atomic E-state index is -0.321. The Kier molecular flexibility index (Phi) is 4.95. The maximum Gasteiger partial charge on any atom is 0.254 e. The number of hydrogen-bond donors (Lipinski definition) is 2. The van der Waals surface area contributed by atoms with Crippen LogP contribution in [0.2, 0.25) is 0 Å². The highest BCUT2D eigenvalue weighted by molar-refractivity contribution is 7.11. The molecule has 2 amide bonds. The average Bonchev–Trinajstić information content (AvgIpc) is 3.13. The summed E-state index contributed by atoms with van der Waals surface area (Å²) < 4.78 is 4.80. The number of amides is 2. The van der Waals surface area contributed by atoms with E-state index in [4.69, 9.17) is 4.42 Å². The largest absolute Gasteiger partial charge is 0.472 e. The quantitative estimate of drug-likeness (QED) is 0.855. The Hall–Kier alpha value is -2.08. The molecule has 0 aliphatic carbocycles. The predicted octanol–water partition coefficient (Wildman–Crippen LogP) is 1.95. The summed E-state index contributed by atoms with van der Waals surface area (Å²) in [6.07, 6.45) is 3.75. The van der Waals surface area contributed by atoms with E-state index < -0.39 is 0 Å². The van der Waals surface area contributed by atoms with Crippen molar-refractivity contribution in [2.75, 3.05) is 6.54 Å². The molecular weight excluding hydrogens is 276 g/mol. The molecule has 0 bridgehead atoms. The molecule has 2 aromatic heterocycles. The number of carbonyl (C=O) groups excluding carboxylic acids is 2. The van der Waals surface area contributed by atoms with E-state index in [1.54, 1.807) is 17.4 Å². The van der Waals surface area contributed by atoms with E-state index in [0.717, 1.165) is 11.3 Å². The van der Waals surface area contributed by atoms with Gasteiger partial charge in [0.05, 0.1) is 24.9 Å². The molecule has 2 heterocycles. The van der Waals surface area contributed by atoms with E-state index in [0.29, 0.717) is 12.1 Å². The van der Waals surface area contributed by atoms with Crippen molar-refractivity contribution in [3.8, 4) is 0 Å². The van der Waals surface area contributed by atoms with Gasteiger partial charge in [-0.1, -0.05) is 6.92 Å². The normalized spacial score (nSPS) is 10.2. The molecule has 0 aliphatic heterocycles. The minimum absolute atomic E-state index is 0.0456. The van der Waals surface area contributed by atoms with Crippen molar-refractivity contribution < 1.29 is 14.0 Å². The van der Waals surface area contributed by atoms with E-state index >= 15 is 0 Å². The Balaban J connectivity index is 1.71. The monoisotopic (exact) mass is 292 g/mol. The number of hydrogen-bond acceptors (Lipinski definition) is 4. The average molecular weight is 292 g/mol. The molecule has 0 aromatic carbocycles. The van der Waals surface area contributed by atoms with Crippen LogP contribution in [0.25, 0.3) is 0 Å². The number of thiophene rings is 1. The van der Waals surface area contributed by atoms with Gasteiger partial charge in [0.25, 0.3) is 5.91 Å². The number of rotatable bonds is 6. The van der Waals surface area contributed by atoms with Gasteiger partial charge in [-0.05, 0) is 24.6 Å². The predicted molar refractivity (Wildman–Crippen MR) is 76.6 cm³/mol. The Bertz CT molecular complexity index is 575. The summed E-state index contributed by atoms with van der Waals surface area (Å²) in [6, 6.07) is 5.62. The fourth-order valence-electron chi connectivity index (χ4n) is 1.61. The molecule has 20 heavy (non-hydrogen) atoms. The third-order valence-corrected chi connectivity index (χ3v) is 3.95. The number of nitrogens with one attached hydrogen (secondary N) is 2. The first-order chi connectivity index (χ1) is 9.69. The van der Waals surface area contributed by atoms with Crippen molar-refractivity contribution in [2.45, 2.75) is 19.9 Å². The van der Waals surface area contributed by atoms with Gasteiger partial charge in [0.15, 0.2) is 0 Å². The van der Waals surface area contributed by atoms with Crippen molar-refractivity contribution in [3.05, 3.63) is 46.0 Å². The second kappa shape index (κ2) is 6.91. The van der Waals surface area contributed by atoms with Crippen LogP contribution in [0.4, 0.5) is 0 Å². The van der Waals surface area contributed by atoms with E-state index in [1.807, 2.05) is 6.07 Å². The topological polar surface area (TPSA) is 71.3 Å². The van der Waals surface area contributed by atoms with Crippen LogP contribution in [0.3, 0.4) is 0 Å². The molecule has 5 nitrogen and oxygen atoms in total. The summed E-state index contributed by atoms with van der Waals surface area (Å²) in [6.45, 7) is 2.54. The first-order valence-corrected chi connectivity index (χ1v) is 7.15. The van der Waals surface area contributed by atoms with Gasteiger partial charge in [-0.2, -0.15) is 0 Å². The van der Waals surface area contributed by atoms with Crippen molar-refractivity contribution in [1.82, 2.24) is 10.6 Å². The molecule has 0 unspecified atom stereocenters. The number of furan rings is 1. The lowest BCUT2D eigenvalue weighted by Gasteiger charge is -2.05. The molecule has 106 valence electrons. The molecule has 0 aliphatic rings. The molecule has 2 rings (SSSR count). The zero-order chi connectivity index (χ0) is 14.4. The molecule has 0 fully saturated rings. The fourth-order valence-corrected chi connectivity index (χ4v) is 2.51. The van der Waals surface area contributed by atoms with Gasteiger partial charge >= 0.3 is 0 Å². The van der Waals surface area contributed by atoms with E-state index in [1.165, 1.54) is 17.4 Å². The summed E-state index contributed by atoms with van der Waals surface area (Å²) in [5.74, 6) is -0.536. The number of aryl methyl sites for hydroxylation is 1. The SMILES string of the molecule is CCc1ccc(CNC(=O)CNC(=O)c2ccoc2)s1. The van der Waals surface area contributed by atoms with Crippen LogP contribution in [0, 0.1) is 0 Å². The van der Waals surface area contributed by atoms with Gasteiger partial charge in [0, 0.05) is 9.75 Å². The second-order valence-corrected chi connectivity index (χ2v) is 5.45. The number of carbonyl (C=O) groups is 2. The lowest BCUT2D eigenvalue weighted by molar-refractivity contribution is -0.120. The van der Waals surface area contributed by atoms with Crippen LogP contribution in [-0.2, 0) is 17.8 Å². The zero-order valence-electron chi connectivity index (χ0n) is 11.1. The Morgan fingerprint density at radius 1 is 1.20 bits per heavy atom. The van der Waals surface area contributed by atoms with E-state index in [9.17, 15) is 9.59 Å². The second-order valence-electron chi connectivity index (χ2n) is 4.19. The molecule has 0 radical (unpaired) electrons. The highest BCUT2D eigenvalue weighted by Gasteiger charge is 2.09. The zero-order valence-corrected chi connectivity index (χ0v) is 12.0. The van der Waals surface area contributed by atoms with Gasteiger partial charge < -0.3 is 15.1 Å². The third-order valence-electron chi connectivity index (χ3n) is 2.72. The van der Waals surface area contributed by atoms with Crippen molar-refractivity contribution >= 4 is 23.2 Å². The van der Waals surface area contributed by atoms with Gasteiger partial charge in [-0.3, -0.25) is 9.59 Å². The Morgan fingerprint density at radius 2 is 2.00 bits per heavy atom. The fraction of sp³-hybridized carbons (Fsp3) is 0.286. The summed E-state index contributed by atoms with van der Waals surface area (Å²) in [7, 11) is 0. The maximum atomic E-state index is 11.6. The van der Waals surface area contributed by atoms with Crippen molar-refractivity contribution in [1.29, 1.82) is 0 Å². The van der Waals surface area contributed by atoms with E-state index in [-0.39, 0.29) is 18.4 Å². The van der Waals surface area contributed by atoms with Crippen LogP contribution < -0.4 is 10.6 Å². The lowest BCUT2D eigenvalue weighted by atomic mass is 10.3. The maximum absolute atomic E-state index is 11.6. The summed E-state index contributed by atoms with van der Waals surface area (Å²) in [5.41, 5.74) is 0.406. The minimum Gasteiger partial charge on any atom is -0.472 e. The first-order valence-electron chi connectivity index (χ1n) is 6.33. The van der Waals surface area contributed by atoms with Crippen LogP contribution in [-0.4, -0.2) is 18.4 Å². The van der Waals surface area contributed by atoms with Crippen LogP contribution in [0.15, 0.2) is 35.1 Å². The molecule has 0 saturated carbocycles. The third kappa shape index (κ3) is 3.96. The molecule has 0 atom stereocenters. The van der Waals surface area contributed by atoms with Crippen molar-refractivity contribution in [2.24, 2.45) is 0 Å². The lowest BCUT2D eigenvalue weighted by Crippen LogP contribution is -2.36.